The van der Waals surface area contributed by atoms with Gasteiger partial charge in [0.05, 0.1) is 19.9 Å². The standard InChI is InChI=1S/C14H15N3O3S/c1-19-9-4-3-5-10(20-2)12(9)13(18)17-14-16-8-6-15-7-11(8)21-14/h3-5,15H,6-7H2,1-2H3,(H,16,17,18). The summed E-state index contributed by atoms with van der Waals surface area (Å²) in [5, 5.41) is 6.63. The molecule has 2 heterocycles. The fourth-order valence-corrected chi connectivity index (χ4v) is 3.18. The Bertz CT molecular complexity index is 640. The van der Waals surface area contributed by atoms with Gasteiger partial charge < -0.3 is 14.8 Å². The maximum absolute atomic E-state index is 12.5. The molecule has 6 nitrogen and oxygen atoms in total. The molecule has 2 N–H and O–H groups in total. The first kappa shape index (κ1) is 13.8. The van der Waals surface area contributed by atoms with Crippen LogP contribution >= 0.6 is 11.3 Å². The lowest BCUT2D eigenvalue weighted by Gasteiger charge is -2.11. The molecule has 1 amide bonds. The van der Waals surface area contributed by atoms with Crippen LogP contribution in [0.15, 0.2) is 18.2 Å². The van der Waals surface area contributed by atoms with Crippen LogP contribution in [0, 0.1) is 0 Å². The molecule has 0 spiro atoms. The van der Waals surface area contributed by atoms with Crippen LogP contribution in [0.1, 0.15) is 20.9 Å². The zero-order valence-corrected chi connectivity index (χ0v) is 12.5. The van der Waals surface area contributed by atoms with Crippen molar-refractivity contribution in [1.82, 2.24) is 10.3 Å². The molecule has 2 aromatic rings. The molecule has 110 valence electrons. The molecule has 21 heavy (non-hydrogen) atoms. The number of fused-ring (bicyclic) bond motifs is 1. The van der Waals surface area contributed by atoms with Crippen molar-refractivity contribution < 1.29 is 14.3 Å². The average Bonchev–Trinajstić information content (AvgIpc) is 3.07. The molecule has 0 saturated heterocycles. The van der Waals surface area contributed by atoms with Crippen molar-refractivity contribution in [2.45, 2.75) is 13.1 Å². The van der Waals surface area contributed by atoms with Gasteiger partial charge in [-0.15, -0.1) is 11.3 Å². The average molecular weight is 305 g/mol. The van der Waals surface area contributed by atoms with E-state index in [1.807, 2.05) is 0 Å². The van der Waals surface area contributed by atoms with Crippen molar-refractivity contribution >= 4 is 22.4 Å². The summed E-state index contributed by atoms with van der Waals surface area (Å²) in [5.41, 5.74) is 1.37. The number of nitrogens with one attached hydrogen (secondary N) is 2. The number of hydrogen-bond acceptors (Lipinski definition) is 6. The summed E-state index contributed by atoms with van der Waals surface area (Å²) >= 11 is 1.48. The molecule has 0 saturated carbocycles. The topological polar surface area (TPSA) is 72.5 Å². The first-order valence-corrected chi connectivity index (χ1v) is 7.26. The Morgan fingerprint density at radius 3 is 2.62 bits per heavy atom. The van der Waals surface area contributed by atoms with E-state index in [-0.39, 0.29) is 5.91 Å². The number of carbonyl (C=O) groups is 1. The largest absolute Gasteiger partial charge is 0.496 e. The van der Waals surface area contributed by atoms with Gasteiger partial charge in [-0.05, 0) is 12.1 Å². The van der Waals surface area contributed by atoms with Crippen LogP contribution in [0.4, 0.5) is 5.13 Å². The fourth-order valence-electron chi connectivity index (χ4n) is 2.24. The molecule has 0 atom stereocenters. The van der Waals surface area contributed by atoms with Crippen LogP contribution in [0.3, 0.4) is 0 Å². The third-order valence-electron chi connectivity index (χ3n) is 3.23. The number of nitrogens with zero attached hydrogens (tertiary/aromatic N) is 1. The van der Waals surface area contributed by atoms with Crippen molar-refractivity contribution in [2.75, 3.05) is 19.5 Å². The van der Waals surface area contributed by atoms with Crippen LogP contribution in [0.5, 0.6) is 11.5 Å². The highest BCUT2D eigenvalue weighted by Crippen LogP contribution is 2.31. The van der Waals surface area contributed by atoms with E-state index < -0.39 is 0 Å². The molecule has 1 aliphatic heterocycles. The fraction of sp³-hybridized carbons (Fsp3) is 0.286. The Morgan fingerprint density at radius 1 is 1.29 bits per heavy atom. The molecule has 1 aliphatic rings. The van der Waals surface area contributed by atoms with Crippen molar-refractivity contribution in [3.8, 4) is 11.5 Å². The van der Waals surface area contributed by atoms with E-state index >= 15 is 0 Å². The van der Waals surface area contributed by atoms with Crippen LogP contribution in [0.2, 0.25) is 0 Å². The van der Waals surface area contributed by atoms with Gasteiger partial charge in [0.1, 0.15) is 17.1 Å². The predicted molar refractivity (Wildman–Crippen MR) is 80.2 cm³/mol. The lowest BCUT2D eigenvalue weighted by molar-refractivity contribution is 0.102. The summed E-state index contributed by atoms with van der Waals surface area (Å²) in [4.78, 5) is 18.1. The van der Waals surface area contributed by atoms with E-state index in [1.165, 1.54) is 25.6 Å². The molecule has 1 aromatic carbocycles. The maximum Gasteiger partial charge on any atom is 0.265 e. The number of thiazole rings is 1. The van der Waals surface area contributed by atoms with Gasteiger partial charge in [0.25, 0.3) is 5.91 Å². The minimum Gasteiger partial charge on any atom is -0.496 e. The molecule has 3 rings (SSSR count). The normalized spacial score (nSPS) is 12.9. The number of methoxy groups -OCH3 is 2. The van der Waals surface area contributed by atoms with E-state index in [2.05, 4.69) is 15.6 Å². The van der Waals surface area contributed by atoms with Gasteiger partial charge in [0, 0.05) is 18.0 Å². The van der Waals surface area contributed by atoms with Gasteiger partial charge >= 0.3 is 0 Å². The van der Waals surface area contributed by atoms with Crippen molar-refractivity contribution in [3.63, 3.8) is 0 Å². The number of benzene rings is 1. The van der Waals surface area contributed by atoms with E-state index in [1.54, 1.807) is 18.2 Å². The number of amides is 1. The van der Waals surface area contributed by atoms with E-state index in [4.69, 9.17) is 9.47 Å². The number of ether oxygens (including phenoxy) is 2. The highest BCUT2D eigenvalue weighted by atomic mass is 32.1. The molecule has 0 bridgehead atoms. The summed E-state index contributed by atoms with van der Waals surface area (Å²) < 4.78 is 10.5. The highest BCUT2D eigenvalue weighted by molar-refractivity contribution is 7.15. The lowest BCUT2D eigenvalue weighted by atomic mass is 10.1. The van der Waals surface area contributed by atoms with Gasteiger partial charge in [0.2, 0.25) is 0 Å². The highest BCUT2D eigenvalue weighted by Gasteiger charge is 2.21. The molecule has 0 aliphatic carbocycles. The number of rotatable bonds is 4. The summed E-state index contributed by atoms with van der Waals surface area (Å²) in [5.74, 6) is 0.653. The minimum atomic E-state index is -0.287. The first-order chi connectivity index (χ1) is 10.2. The number of carbonyl (C=O) groups excluding carboxylic acids is 1. The summed E-state index contributed by atoms with van der Waals surface area (Å²) in [7, 11) is 3.05. The second-order valence-corrected chi connectivity index (χ2v) is 5.57. The molecule has 0 radical (unpaired) electrons. The smallest absolute Gasteiger partial charge is 0.265 e. The van der Waals surface area contributed by atoms with Gasteiger partial charge in [-0.2, -0.15) is 0 Å². The van der Waals surface area contributed by atoms with Gasteiger partial charge in [-0.1, -0.05) is 6.07 Å². The van der Waals surface area contributed by atoms with Crippen LogP contribution in [-0.2, 0) is 13.1 Å². The molecular formula is C14H15N3O3S. The second kappa shape index (κ2) is 5.71. The summed E-state index contributed by atoms with van der Waals surface area (Å²) in [6.07, 6.45) is 0. The number of anilines is 1. The Kier molecular flexibility index (Phi) is 3.76. The van der Waals surface area contributed by atoms with E-state index in [0.717, 1.165) is 23.7 Å². The predicted octanol–water partition coefficient (Wildman–Crippen LogP) is 2.02. The van der Waals surface area contributed by atoms with E-state index in [9.17, 15) is 4.79 Å². The first-order valence-electron chi connectivity index (χ1n) is 6.44. The van der Waals surface area contributed by atoms with Crippen molar-refractivity contribution in [3.05, 3.63) is 34.3 Å². The third-order valence-corrected chi connectivity index (χ3v) is 4.24. The summed E-state index contributed by atoms with van der Waals surface area (Å²) in [6.45, 7) is 1.56. The Labute approximate surface area is 126 Å². The Hall–Kier alpha value is -2.12. The van der Waals surface area contributed by atoms with Crippen molar-refractivity contribution in [1.29, 1.82) is 0 Å². The third kappa shape index (κ3) is 2.57. The van der Waals surface area contributed by atoms with Gasteiger partial charge in [0.15, 0.2) is 5.13 Å². The number of hydrogen-bond donors (Lipinski definition) is 2. The van der Waals surface area contributed by atoms with Crippen LogP contribution in [0.25, 0.3) is 0 Å². The SMILES string of the molecule is COc1cccc(OC)c1C(=O)Nc1nc2c(s1)CNC2. The zero-order chi connectivity index (χ0) is 14.8. The summed E-state index contributed by atoms with van der Waals surface area (Å²) in [6, 6.07) is 5.23. The molecular weight excluding hydrogens is 290 g/mol. The Balaban J connectivity index is 1.87. The molecule has 7 heteroatoms. The molecule has 1 aromatic heterocycles. The van der Waals surface area contributed by atoms with Gasteiger partial charge in [-0.25, -0.2) is 4.98 Å². The second-order valence-electron chi connectivity index (χ2n) is 4.48. The maximum atomic E-state index is 12.5. The number of aromatic nitrogens is 1. The monoisotopic (exact) mass is 305 g/mol. The zero-order valence-electron chi connectivity index (χ0n) is 11.7. The molecule has 0 fully saturated rings. The quantitative estimate of drug-likeness (QED) is 0.904. The Morgan fingerprint density at radius 2 is 2.00 bits per heavy atom. The van der Waals surface area contributed by atoms with Gasteiger partial charge in [-0.3, -0.25) is 10.1 Å². The lowest BCUT2D eigenvalue weighted by Crippen LogP contribution is -2.14. The van der Waals surface area contributed by atoms with Crippen LogP contribution < -0.4 is 20.1 Å². The van der Waals surface area contributed by atoms with E-state index in [0.29, 0.717) is 22.2 Å². The van der Waals surface area contributed by atoms with Crippen LogP contribution in [-0.4, -0.2) is 25.1 Å². The molecule has 0 unspecified atom stereocenters. The minimum absolute atomic E-state index is 0.287. The van der Waals surface area contributed by atoms with Crippen molar-refractivity contribution in [2.24, 2.45) is 0 Å².